The second-order valence-electron chi connectivity index (χ2n) is 6.03. The molecule has 0 aliphatic heterocycles. The molecule has 0 unspecified atom stereocenters. The summed E-state index contributed by atoms with van der Waals surface area (Å²) < 4.78 is 5.59. The fraction of sp³-hybridized carbons (Fsp3) is 0.211. The Morgan fingerprint density at radius 2 is 2.08 bits per heavy atom. The molecule has 25 heavy (non-hydrogen) atoms. The minimum Gasteiger partial charge on any atom is -0.439 e. The number of hydrogen-bond donors (Lipinski definition) is 2. The van der Waals surface area contributed by atoms with E-state index in [9.17, 15) is 9.59 Å². The summed E-state index contributed by atoms with van der Waals surface area (Å²) in [4.78, 5) is 27.3. The van der Waals surface area contributed by atoms with Gasteiger partial charge in [0.2, 0.25) is 17.7 Å². The van der Waals surface area contributed by atoms with Gasteiger partial charge in [0.1, 0.15) is 5.75 Å². The molecule has 6 heteroatoms. The van der Waals surface area contributed by atoms with Gasteiger partial charge in [0, 0.05) is 17.7 Å². The topological polar surface area (TPSA) is 94.3 Å². The van der Waals surface area contributed by atoms with Gasteiger partial charge in [-0.15, -0.1) is 0 Å². The standard InChI is InChI=1S/C19H19N3O3/c1-12(13-5-6-13)9-17(23)22-15-7-8-18(21-11-15)25-16-4-2-3-14(10-16)19(20)24/h2-4,7-11,13H,5-6H2,1H3,(H2,20,24)(H,22,23). The fourth-order valence-corrected chi connectivity index (χ4v) is 2.39. The zero-order chi connectivity index (χ0) is 17.8. The van der Waals surface area contributed by atoms with Crippen LogP contribution in [-0.2, 0) is 4.79 Å². The Morgan fingerprint density at radius 3 is 2.72 bits per heavy atom. The lowest BCUT2D eigenvalue weighted by Gasteiger charge is -2.07. The van der Waals surface area contributed by atoms with Crippen molar-refractivity contribution in [1.29, 1.82) is 0 Å². The molecule has 0 atom stereocenters. The number of allylic oxidation sites excluding steroid dienone is 1. The molecule has 1 heterocycles. The van der Waals surface area contributed by atoms with Crippen LogP contribution >= 0.6 is 0 Å². The smallest absolute Gasteiger partial charge is 0.248 e. The number of carbonyl (C=O) groups excluding carboxylic acids is 2. The van der Waals surface area contributed by atoms with Crippen LogP contribution in [0.4, 0.5) is 5.69 Å². The molecule has 6 nitrogen and oxygen atoms in total. The maximum atomic E-state index is 11.9. The molecule has 1 fully saturated rings. The summed E-state index contributed by atoms with van der Waals surface area (Å²) in [6, 6.07) is 9.89. The number of nitrogens with one attached hydrogen (secondary N) is 1. The van der Waals surface area contributed by atoms with Crippen molar-refractivity contribution >= 4 is 17.5 Å². The van der Waals surface area contributed by atoms with Gasteiger partial charge in [0.25, 0.3) is 0 Å². The Hall–Kier alpha value is -3.15. The van der Waals surface area contributed by atoms with Gasteiger partial charge in [-0.1, -0.05) is 11.6 Å². The zero-order valence-corrected chi connectivity index (χ0v) is 13.9. The third-order valence-electron chi connectivity index (χ3n) is 3.92. The maximum absolute atomic E-state index is 11.9. The van der Waals surface area contributed by atoms with Crippen LogP contribution in [0.25, 0.3) is 0 Å². The average molecular weight is 337 g/mol. The first-order valence-corrected chi connectivity index (χ1v) is 8.04. The number of aromatic nitrogens is 1. The van der Waals surface area contributed by atoms with Crippen molar-refractivity contribution in [2.24, 2.45) is 11.7 Å². The number of carbonyl (C=O) groups is 2. The van der Waals surface area contributed by atoms with E-state index in [0.29, 0.717) is 28.8 Å². The fourth-order valence-electron chi connectivity index (χ4n) is 2.39. The first-order valence-electron chi connectivity index (χ1n) is 8.04. The van der Waals surface area contributed by atoms with E-state index >= 15 is 0 Å². The number of primary amides is 1. The third kappa shape index (κ3) is 4.67. The Bertz CT molecular complexity index is 824. The van der Waals surface area contributed by atoms with E-state index in [-0.39, 0.29) is 5.91 Å². The van der Waals surface area contributed by atoms with Crippen LogP contribution in [0.5, 0.6) is 11.6 Å². The molecule has 2 amide bonds. The summed E-state index contributed by atoms with van der Waals surface area (Å²) in [5.41, 5.74) is 7.30. The Balaban J connectivity index is 1.62. The molecule has 1 saturated carbocycles. The Kier molecular flexibility index (Phi) is 4.79. The highest BCUT2D eigenvalue weighted by molar-refractivity contribution is 5.99. The van der Waals surface area contributed by atoms with Crippen LogP contribution in [0.2, 0.25) is 0 Å². The predicted octanol–water partition coefficient (Wildman–Crippen LogP) is 3.27. The number of anilines is 1. The minimum atomic E-state index is -0.522. The highest BCUT2D eigenvalue weighted by Gasteiger charge is 2.23. The summed E-state index contributed by atoms with van der Waals surface area (Å²) in [6.07, 6.45) is 5.49. The molecule has 2 aromatic rings. The lowest BCUT2D eigenvalue weighted by molar-refractivity contribution is -0.112. The number of hydrogen-bond acceptors (Lipinski definition) is 4. The SMILES string of the molecule is CC(=CC(=O)Nc1ccc(Oc2cccc(C(N)=O)c2)nc1)C1CC1. The second kappa shape index (κ2) is 7.17. The molecule has 0 radical (unpaired) electrons. The van der Waals surface area contributed by atoms with Crippen LogP contribution in [0, 0.1) is 5.92 Å². The Labute approximate surface area is 145 Å². The monoisotopic (exact) mass is 337 g/mol. The first-order chi connectivity index (χ1) is 12.0. The summed E-state index contributed by atoms with van der Waals surface area (Å²) in [7, 11) is 0. The van der Waals surface area contributed by atoms with Gasteiger partial charge in [-0.3, -0.25) is 9.59 Å². The van der Waals surface area contributed by atoms with E-state index in [1.807, 2.05) is 6.92 Å². The van der Waals surface area contributed by atoms with Crippen LogP contribution in [0.15, 0.2) is 54.2 Å². The lowest BCUT2D eigenvalue weighted by Crippen LogP contribution is -2.10. The zero-order valence-electron chi connectivity index (χ0n) is 13.9. The molecule has 0 saturated heterocycles. The molecule has 1 aromatic carbocycles. The molecule has 3 rings (SSSR count). The number of nitrogens with zero attached hydrogens (tertiary/aromatic N) is 1. The number of nitrogens with two attached hydrogens (primary N) is 1. The normalized spacial score (nSPS) is 14.0. The van der Waals surface area contributed by atoms with E-state index in [4.69, 9.17) is 10.5 Å². The molecule has 1 aliphatic carbocycles. The third-order valence-corrected chi connectivity index (χ3v) is 3.92. The molecule has 0 bridgehead atoms. The van der Waals surface area contributed by atoms with Crippen molar-refractivity contribution in [1.82, 2.24) is 4.98 Å². The van der Waals surface area contributed by atoms with Crippen molar-refractivity contribution in [3.8, 4) is 11.6 Å². The predicted molar refractivity (Wildman–Crippen MR) is 94.4 cm³/mol. The maximum Gasteiger partial charge on any atom is 0.248 e. The number of amides is 2. The molecule has 1 aromatic heterocycles. The number of pyridine rings is 1. The number of rotatable bonds is 6. The van der Waals surface area contributed by atoms with E-state index in [1.165, 1.54) is 19.0 Å². The lowest BCUT2D eigenvalue weighted by atomic mass is 10.2. The van der Waals surface area contributed by atoms with Crippen LogP contribution in [0.3, 0.4) is 0 Å². The van der Waals surface area contributed by atoms with E-state index in [1.54, 1.807) is 42.5 Å². The summed E-state index contributed by atoms with van der Waals surface area (Å²) in [5.74, 6) is 0.698. The van der Waals surface area contributed by atoms with Crippen LogP contribution in [0.1, 0.15) is 30.1 Å². The minimum absolute atomic E-state index is 0.158. The highest BCUT2D eigenvalue weighted by Crippen LogP contribution is 2.35. The van der Waals surface area contributed by atoms with E-state index in [0.717, 1.165) is 5.57 Å². The van der Waals surface area contributed by atoms with Gasteiger partial charge in [-0.2, -0.15) is 0 Å². The van der Waals surface area contributed by atoms with Crippen molar-refractivity contribution in [2.75, 3.05) is 5.32 Å². The van der Waals surface area contributed by atoms with Gasteiger partial charge in [-0.05, 0) is 49.9 Å². The average Bonchev–Trinajstić information content (AvgIpc) is 3.42. The van der Waals surface area contributed by atoms with Crippen LogP contribution < -0.4 is 15.8 Å². The molecule has 128 valence electrons. The van der Waals surface area contributed by atoms with Crippen molar-refractivity contribution < 1.29 is 14.3 Å². The van der Waals surface area contributed by atoms with Gasteiger partial charge in [0.05, 0.1) is 11.9 Å². The number of ether oxygens (including phenoxy) is 1. The van der Waals surface area contributed by atoms with Crippen LogP contribution in [-0.4, -0.2) is 16.8 Å². The molecule has 3 N–H and O–H groups in total. The number of benzene rings is 1. The second-order valence-corrected chi connectivity index (χ2v) is 6.03. The highest BCUT2D eigenvalue weighted by atomic mass is 16.5. The van der Waals surface area contributed by atoms with E-state index in [2.05, 4.69) is 10.3 Å². The van der Waals surface area contributed by atoms with E-state index < -0.39 is 5.91 Å². The van der Waals surface area contributed by atoms with Gasteiger partial charge in [-0.25, -0.2) is 4.98 Å². The molecule has 1 aliphatic rings. The van der Waals surface area contributed by atoms with Gasteiger partial charge < -0.3 is 15.8 Å². The summed E-state index contributed by atoms with van der Waals surface area (Å²) >= 11 is 0. The van der Waals surface area contributed by atoms with Gasteiger partial charge >= 0.3 is 0 Å². The first kappa shape index (κ1) is 16.7. The van der Waals surface area contributed by atoms with Crippen molar-refractivity contribution in [3.05, 3.63) is 59.8 Å². The summed E-state index contributed by atoms with van der Waals surface area (Å²) in [5, 5.41) is 2.78. The Morgan fingerprint density at radius 1 is 1.28 bits per heavy atom. The molecular weight excluding hydrogens is 318 g/mol. The molecule has 0 spiro atoms. The summed E-state index contributed by atoms with van der Waals surface area (Å²) in [6.45, 7) is 1.98. The van der Waals surface area contributed by atoms with Crippen molar-refractivity contribution in [2.45, 2.75) is 19.8 Å². The largest absolute Gasteiger partial charge is 0.439 e. The van der Waals surface area contributed by atoms with Gasteiger partial charge in [0.15, 0.2) is 0 Å². The van der Waals surface area contributed by atoms with Crippen molar-refractivity contribution in [3.63, 3.8) is 0 Å². The quantitative estimate of drug-likeness (QED) is 0.791. The molecular formula is C19H19N3O3.